The van der Waals surface area contributed by atoms with Crippen LogP contribution in [-0.4, -0.2) is 27.8 Å². The molecule has 0 unspecified atom stereocenters. The number of aromatic nitrogens is 1. The van der Waals surface area contributed by atoms with Crippen molar-refractivity contribution in [2.45, 2.75) is 13.3 Å². The summed E-state index contributed by atoms with van der Waals surface area (Å²) in [4.78, 5) is 14.9. The van der Waals surface area contributed by atoms with Crippen molar-refractivity contribution in [1.82, 2.24) is 4.98 Å². The summed E-state index contributed by atoms with van der Waals surface area (Å²) in [5.74, 6) is -0.560. The highest BCUT2D eigenvalue weighted by Crippen LogP contribution is 2.31. The molecule has 0 atom stereocenters. The van der Waals surface area contributed by atoms with Crippen LogP contribution in [0.2, 0.25) is 0 Å². The van der Waals surface area contributed by atoms with Crippen LogP contribution in [-0.2, 0) is 0 Å². The minimum Gasteiger partial charge on any atom is -0.507 e. The maximum Gasteiger partial charge on any atom is 0.335 e. The molecule has 0 aliphatic carbocycles. The number of pyridine rings is 1. The SMILES string of the molecule is CCCOc1cncc(-c2ccc(C(=O)O)cc2O)c1. The van der Waals surface area contributed by atoms with Crippen molar-refractivity contribution in [3.8, 4) is 22.6 Å². The first-order valence-corrected chi connectivity index (χ1v) is 6.26. The van der Waals surface area contributed by atoms with Gasteiger partial charge in [-0.25, -0.2) is 4.79 Å². The Morgan fingerprint density at radius 3 is 2.75 bits per heavy atom. The predicted octanol–water partition coefficient (Wildman–Crippen LogP) is 2.94. The number of nitrogens with zero attached hydrogens (tertiary/aromatic N) is 1. The third-order valence-corrected chi connectivity index (χ3v) is 2.74. The van der Waals surface area contributed by atoms with E-state index >= 15 is 0 Å². The molecule has 1 aromatic heterocycles. The zero-order valence-electron chi connectivity index (χ0n) is 11.0. The quantitative estimate of drug-likeness (QED) is 0.875. The van der Waals surface area contributed by atoms with Gasteiger partial charge in [-0.3, -0.25) is 4.98 Å². The molecule has 2 aromatic rings. The van der Waals surface area contributed by atoms with Gasteiger partial charge in [-0.15, -0.1) is 0 Å². The molecule has 0 saturated heterocycles. The van der Waals surface area contributed by atoms with Crippen molar-refractivity contribution in [3.63, 3.8) is 0 Å². The average Bonchev–Trinajstić information content (AvgIpc) is 2.45. The number of aromatic carboxylic acids is 1. The van der Waals surface area contributed by atoms with E-state index in [0.29, 0.717) is 23.5 Å². The van der Waals surface area contributed by atoms with Crippen LogP contribution in [0.1, 0.15) is 23.7 Å². The van der Waals surface area contributed by atoms with Crippen LogP contribution < -0.4 is 4.74 Å². The van der Waals surface area contributed by atoms with E-state index in [1.165, 1.54) is 12.1 Å². The Bertz CT molecular complexity index is 625. The van der Waals surface area contributed by atoms with Gasteiger partial charge in [0.1, 0.15) is 11.5 Å². The van der Waals surface area contributed by atoms with Crippen molar-refractivity contribution in [1.29, 1.82) is 0 Å². The molecular formula is C15H15NO4. The molecule has 5 nitrogen and oxygen atoms in total. The van der Waals surface area contributed by atoms with Crippen molar-refractivity contribution in [2.75, 3.05) is 6.61 Å². The fourth-order valence-electron chi connectivity index (χ4n) is 1.77. The van der Waals surface area contributed by atoms with Crippen molar-refractivity contribution in [2.24, 2.45) is 0 Å². The summed E-state index contributed by atoms with van der Waals surface area (Å²) >= 11 is 0. The predicted molar refractivity (Wildman–Crippen MR) is 74.1 cm³/mol. The summed E-state index contributed by atoms with van der Waals surface area (Å²) in [6.07, 6.45) is 4.08. The van der Waals surface area contributed by atoms with Crippen molar-refractivity contribution < 1.29 is 19.7 Å². The fraction of sp³-hybridized carbons (Fsp3) is 0.200. The summed E-state index contributed by atoms with van der Waals surface area (Å²) in [6.45, 7) is 2.60. The number of benzene rings is 1. The fourth-order valence-corrected chi connectivity index (χ4v) is 1.77. The van der Waals surface area contributed by atoms with Gasteiger partial charge in [0, 0.05) is 17.3 Å². The number of aromatic hydroxyl groups is 1. The molecule has 2 rings (SSSR count). The van der Waals surface area contributed by atoms with Crippen LogP contribution in [0.3, 0.4) is 0 Å². The molecule has 0 aliphatic rings. The number of carboxylic acid groups (broad SMARTS) is 1. The molecule has 1 heterocycles. The number of carboxylic acids is 1. The Kier molecular flexibility index (Phi) is 4.20. The molecule has 5 heteroatoms. The molecule has 0 aliphatic heterocycles. The minimum atomic E-state index is -1.08. The Morgan fingerprint density at radius 1 is 1.30 bits per heavy atom. The molecule has 20 heavy (non-hydrogen) atoms. The summed E-state index contributed by atoms with van der Waals surface area (Å²) in [5.41, 5.74) is 1.23. The van der Waals surface area contributed by atoms with Crippen molar-refractivity contribution in [3.05, 3.63) is 42.2 Å². The lowest BCUT2D eigenvalue weighted by atomic mass is 10.0. The van der Waals surface area contributed by atoms with Crippen LogP contribution in [0.25, 0.3) is 11.1 Å². The summed E-state index contributed by atoms with van der Waals surface area (Å²) in [7, 11) is 0. The van der Waals surface area contributed by atoms with E-state index in [0.717, 1.165) is 6.42 Å². The molecule has 0 amide bonds. The minimum absolute atomic E-state index is 0.0394. The van der Waals surface area contributed by atoms with E-state index in [9.17, 15) is 9.90 Å². The van der Waals surface area contributed by atoms with E-state index in [-0.39, 0.29) is 11.3 Å². The Labute approximate surface area is 116 Å². The zero-order chi connectivity index (χ0) is 14.5. The maximum absolute atomic E-state index is 10.8. The number of phenols is 1. The van der Waals surface area contributed by atoms with Crippen LogP contribution in [0.4, 0.5) is 0 Å². The van der Waals surface area contributed by atoms with Gasteiger partial charge in [0.15, 0.2) is 0 Å². The zero-order valence-corrected chi connectivity index (χ0v) is 11.0. The lowest BCUT2D eigenvalue weighted by Crippen LogP contribution is -1.97. The first-order chi connectivity index (χ1) is 9.61. The van der Waals surface area contributed by atoms with Gasteiger partial charge < -0.3 is 14.9 Å². The molecule has 2 N–H and O–H groups in total. The monoisotopic (exact) mass is 273 g/mol. The second-order valence-corrected chi connectivity index (χ2v) is 4.29. The van der Waals surface area contributed by atoms with Crippen LogP contribution >= 0.6 is 0 Å². The van der Waals surface area contributed by atoms with Gasteiger partial charge >= 0.3 is 5.97 Å². The Balaban J connectivity index is 2.33. The third kappa shape index (κ3) is 3.06. The van der Waals surface area contributed by atoms with Crippen molar-refractivity contribution >= 4 is 5.97 Å². The number of phenolic OH excluding ortho intramolecular Hbond substituents is 1. The van der Waals surface area contributed by atoms with E-state index in [1.54, 1.807) is 24.5 Å². The first-order valence-electron chi connectivity index (χ1n) is 6.26. The van der Waals surface area contributed by atoms with E-state index in [4.69, 9.17) is 9.84 Å². The number of rotatable bonds is 5. The molecule has 0 fully saturated rings. The van der Waals surface area contributed by atoms with Gasteiger partial charge in [0.05, 0.1) is 18.4 Å². The van der Waals surface area contributed by atoms with Gasteiger partial charge in [-0.1, -0.05) is 6.92 Å². The summed E-state index contributed by atoms with van der Waals surface area (Å²) < 4.78 is 5.48. The molecule has 0 spiro atoms. The topological polar surface area (TPSA) is 79.7 Å². The molecule has 0 radical (unpaired) electrons. The van der Waals surface area contributed by atoms with Crippen LogP contribution in [0.15, 0.2) is 36.7 Å². The number of ether oxygens (including phenoxy) is 1. The normalized spacial score (nSPS) is 10.2. The molecule has 104 valence electrons. The standard InChI is InChI=1S/C15H15NO4/c1-2-5-20-12-6-11(8-16-9-12)13-4-3-10(15(18)19)7-14(13)17/h3-4,6-9,17H,2,5H2,1H3,(H,18,19). The van der Waals surface area contributed by atoms with Gasteiger partial charge in [-0.05, 0) is 30.7 Å². The second kappa shape index (κ2) is 6.06. The molecule has 0 bridgehead atoms. The largest absolute Gasteiger partial charge is 0.507 e. The number of hydrogen-bond donors (Lipinski definition) is 2. The average molecular weight is 273 g/mol. The van der Waals surface area contributed by atoms with Crippen LogP contribution in [0, 0.1) is 0 Å². The van der Waals surface area contributed by atoms with E-state index in [1.807, 2.05) is 6.92 Å². The van der Waals surface area contributed by atoms with E-state index < -0.39 is 5.97 Å². The first kappa shape index (κ1) is 13.9. The van der Waals surface area contributed by atoms with Gasteiger partial charge in [0.25, 0.3) is 0 Å². The molecule has 0 saturated carbocycles. The third-order valence-electron chi connectivity index (χ3n) is 2.74. The molecule has 1 aromatic carbocycles. The van der Waals surface area contributed by atoms with Gasteiger partial charge in [-0.2, -0.15) is 0 Å². The molecular weight excluding hydrogens is 258 g/mol. The maximum atomic E-state index is 10.8. The highest BCUT2D eigenvalue weighted by atomic mass is 16.5. The number of carbonyl (C=O) groups is 1. The number of hydrogen-bond acceptors (Lipinski definition) is 4. The van der Waals surface area contributed by atoms with E-state index in [2.05, 4.69) is 4.98 Å². The Hall–Kier alpha value is -2.56. The smallest absolute Gasteiger partial charge is 0.335 e. The lowest BCUT2D eigenvalue weighted by Gasteiger charge is -2.08. The second-order valence-electron chi connectivity index (χ2n) is 4.29. The lowest BCUT2D eigenvalue weighted by molar-refractivity contribution is 0.0696. The highest BCUT2D eigenvalue weighted by Gasteiger charge is 2.10. The highest BCUT2D eigenvalue weighted by molar-refractivity contribution is 5.89. The van der Waals surface area contributed by atoms with Gasteiger partial charge in [0.2, 0.25) is 0 Å². The summed E-state index contributed by atoms with van der Waals surface area (Å²) in [5, 5.41) is 18.8. The van der Waals surface area contributed by atoms with Crippen LogP contribution in [0.5, 0.6) is 11.5 Å². The summed E-state index contributed by atoms with van der Waals surface area (Å²) in [6, 6.07) is 5.98. The Morgan fingerprint density at radius 2 is 2.10 bits per heavy atom.